The first-order chi connectivity index (χ1) is 10.4. The van der Waals surface area contributed by atoms with Crippen LogP contribution < -0.4 is 5.32 Å². The maximum absolute atomic E-state index is 11.4. The van der Waals surface area contributed by atoms with Crippen molar-refractivity contribution in [2.45, 2.75) is 11.8 Å². The van der Waals surface area contributed by atoms with Crippen molar-refractivity contribution in [1.29, 1.82) is 0 Å². The van der Waals surface area contributed by atoms with Crippen molar-refractivity contribution in [2.24, 2.45) is 0 Å². The minimum absolute atomic E-state index is 0.112. The topological polar surface area (TPSA) is 46.2 Å². The van der Waals surface area contributed by atoms with Crippen LogP contribution in [0.1, 0.15) is 5.56 Å². The lowest BCUT2D eigenvalue weighted by Gasteiger charge is -2.08. The van der Waals surface area contributed by atoms with Gasteiger partial charge in [0.25, 0.3) is 9.05 Å². The number of anilines is 2. The fraction of sp³-hybridized carbons (Fsp3) is 0.0588. The molecule has 3 aromatic carbocycles. The third kappa shape index (κ3) is 3.24. The molecule has 22 heavy (non-hydrogen) atoms. The minimum Gasteiger partial charge on any atom is -0.356 e. The summed E-state index contributed by atoms with van der Waals surface area (Å²) in [5.41, 5.74) is 3.15. The van der Waals surface area contributed by atoms with E-state index in [1.807, 2.05) is 49.4 Å². The fourth-order valence-corrected chi connectivity index (χ4v) is 3.04. The summed E-state index contributed by atoms with van der Waals surface area (Å²) in [4.78, 5) is 0.112. The van der Waals surface area contributed by atoms with Crippen LogP contribution in [-0.4, -0.2) is 8.42 Å². The molecule has 0 amide bonds. The second kappa shape index (κ2) is 5.63. The molecule has 0 spiro atoms. The van der Waals surface area contributed by atoms with Gasteiger partial charge in [-0.2, -0.15) is 0 Å². The van der Waals surface area contributed by atoms with Crippen LogP contribution in [-0.2, 0) is 9.05 Å². The summed E-state index contributed by atoms with van der Waals surface area (Å²) in [6, 6.07) is 18.7. The van der Waals surface area contributed by atoms with E-state index in [1.54, 1.807) is 12.1 Å². The Labute approximate surface area is 134 Å². The molecule has 0 heterocycles. The van der Waals surface area contributed by atoms with Gasteiger partial charge in [0, 0.05) is 22.1 Å². The highest BCUT2D eigenvalue weighted by atomic mass is 35.7. The molecule has 0 fully saturated rings. The average Bonchev–Trinajstić information content (AvgIpc) is 2.48. The summed E-state index contributed by atoms with van der Waals surface area (Å²) < 4.78 is 22.7. The number of hydrogen-bond donors (Lipinski definition) is 1. The van der Waals surface area contributed by atoms with Crippen LogP contribution in [0.4, 0.5) is 11.4 Å². The van der Waals surface area contributed by atoms with E-state index in [1.165, 1.54) is 11.6 Å². The Bertz CT molecular complexity index is 935. The first kappa shape index (κ1) is 14.9. The largest absolute Gasteiger partial charge is 0.356 e. The minimum atomic E-state index is -3.70. The maximum atomic E-state index is 11.4. The predicted molar refractivity (Wildman–Crippen MR) is 91.4 cm³/mol. The lowest BCUT2D eigenvalue weighted by atomic mass is 10.1. The molecule has 0 saturated heterocycles. The van der Waals surface area contributed by atoms with Crippen LogP contribution in [0.3, 0.4) is 0 Å². The van der Waals surface area contributed by atoms with Gasteiger partial charge in [0.1, 0.15) is 0 Å². The lowest BCUT2D eigenvalue weighted by Crippen LogP contribution is -1.92. The number of fused-ring (bicyclic) bond motifs is 1. The van der Waals surface area contributed by atoms with E-state index >= 15 is 0 Å². The van der Waals surface area contributed by atoms with Gasteiger partial charge in [0.05, 0.1) is 4.90 Å². The van der Waals surface area contributed by atoms with Gasteiger partial charge in [0.15, 0.2) is 0 Å². The van der Waals surface area contributed by atoms with Crippen molar-refractivity contribution < 1.29 is 8.42 Å². The van der Waals surface area contributed by atoms with Gasteiger partial charge in [-0.15, -0.1) is 0 Å². The SMILES string of the molecule is Cc1ccc(Nc2ccc3cc(S(=O)(=O)Cl)ccc3c2)cc1. The third-order valence-corrected chi connectivity index (χ3v) is 4.79. The Hall–Kier alpha value is -2.04. The molecule has 3 rings (SSSR count). The van der Waals surface area contributed by atoms with Gasteiger partial charge >= 0.3 is 0 Å². The number of benzene rings is 3. The first-order valence-corrected chi connectivity index (χ1v) is 9.05. The van der Waals surface area contributed by atoms with Crippen molar-refractivity contribution >= 4 is 41.9 Å². The zero-order chi connectivity index (χ0) is 15.7. The maximum Gasteiger partial charge on any atom is 0.261 e. The van der Waals surface area contributed by atoms with Crippen LogP contribution in [0, 0.1) is 6.92 Å². The highest BCUT2D eigenvalue weighted by Crippen LogP contribution is 2.26. The van der Waals surface area contributed by atoms with Gasteiger partial charge in [-0.05, 0) is 54.1 Å². The standard InChI is InChI=1S/C17H14ClNO2S/c1-12-2-6-15(7-3-12)19-16-8-4-14-11-17(22(18,20)21)9-5-13(14)10-16/h2-11,19H,1H3. The van der Waals surface area contributed by atoms with E-state index in [0.717, 1.165) is 22.1 Å². The molecule has 0 bridgehead atoms. The van der Waals surface area contributed by atoms with Gasteiger partial charge in [-0.1, -0.05) is 29.8 Å². The first-order valence-electron chi connectivity index (χ1n) is 6.74. The van der Waals surface area contributed by atoms with Gasteiger partial charge in [-0.25, -0.2) is 8.42 Å². The summed E-state index contributed by atoms with van der Waals surface area (Å²) in [5.74, 6) is 0. The summed E-state index contributed by atoms with van der Waals surface area (Å²) in [6.45, 7) is 2.04. The Balaban J connectivity index is 1.95. The molecule has 5 heteroatoms. The molecule has 0 aliphatic heterocycles. The zero-order valence-corrected chi connectivity index (χ0v) is 13.4. The van der Waals surface area contributed by atoms with E-state index < -0.39 is 9.05 Å². The molecule has 0 aromatic heterocycles. The molecule has 1 N–H and O–H groups in total. The van der Waals surface area contributed by atoms with Crippen molar-refractivity contribution in [3.63, 3.8) is 0 Å². The Morgan fingerprint density at radius 1 is 0.818 bits per heavy atom. The monoisotopic (exact) mass is 331 g/mol. The van der Waals surface area contributed by atoms with Crippen molar-refractivity contribution in [1.82, 2.24) is 0 Å². The summed E-state index contributed by atoms with van der Waals surface area (Å²) in [7, 11) is 1.67. The molecule has 0 atom stereocenters. The predicted octanol–water partition coefficient (Wildman–Crippen LogP) is 4.82. The fourth-order valence-electron chi connectivity index (χ4n) is 2.26. The highest BCUT2D eigenvalue weighted by molar-refractivity contribution is 8.13. The number of halogens is 1. The number of aryl methyl sites for hydroxylation is 1. The van der Waals surface area contributed by atoms with Crippen LogP contribution in [0.15, 0.2) is 65.6 Å². The second-order valence-corrected chi connectivity index (χ2v) is 7.72. The lowest BCUT2D eigenvalue weighted by molar-refractivity contribution is 0.609. The van der Waals surface area contributed by atoms with E-state index in [9.17, 15) is 8.42 Å². The zero-order valence-electron chi connectivity index (χ0n) is 11.9. The van der Waals surface area contributed by atoms with Crippen LogP contribution in [0.5, 0.6) is 0 Å². The molecule has 0 radical (unpaired) electrons. The normalized spacial score (nSPS) is 11.5. The molecule has 0 aliphatic carbocycles. The molecule has 0 aliphatic rings. The summed E-state index contributed by atoms with van der Waals surface area (Å²) in [5, 5.41) is 5.10. The van der Waals surface area contributed by atoms with Crippen molar-refractivity contribution in [3.8, 4) is 0 Å². The Morgan fingerprint density at radius 2 is 1.41 bits per heavy atom. The average molecular weight is 332 g/mol. The van der Waals surface area contributed by atoms with Gasteiger partial charge < -0.3 is 5.32 Å². The Kier molecular flexibility index (Phi) is 3.81. The molecular formula is C17H14ClNO2S. The number of hydrogen-bond acceptors (Lipinski definition) is 3. The summed E-state index contributed by atoms with van der Waals surface area (Å²) >= 11 is 0. The van der Waals surface area contributed by atoms with Crippen LogP contribution in [0.25, 0.3) is 10.8 Å². The smallest absolute Gasteiger partial charge is 0.261 e. The van der Waals surface area contributed by atoms with E-state index in [-0.39, 0.29) is 4.90 Å². The summed E-state index contributed by atoms with van der Waals surface area (Å²) in [6.07, 6.45) is 0. The van der Waals surface area contributed by atoms with E-state index in [4.69, 9.17) is 10.7 Å². The molecule has 3 aromatic rings. The Morgan fingerprint density at radius 3 is 2.09 bits per heavy atom. The van der Waals surface area contributed by atoms with Gasteiger partial charge in [-0.3, -0.25) is 0 Å². The van der Waals surface area contributed by atoms with Crippen LogP contribution in [0.2, 0.25) is 0 Å². The number of nitrogens with one attached hydrogen (secondary N) is 1. The molecule has 112 valence electrons. The second-order valence-electron chi connectivity index (χ2n) is 5.15. The molecule has 3 nitrogen and oxygen atoms in total. The highest BCUT2D eigenvalue weighted by Gasteiger charge is 2.10. The molecule has 0 saturated carbocycles. The molecular weight excluding hydrogens is 318 g/mol. The van der Waals surface area contributed by atoms with E-state index in [2.05, 4.69) is 5.32 Å². The van der Waals surface area contributed by atoms with E-state index in [0.29, 0.717) is 0 Å². The quantitative estimate of drug-likeness (QED) is 0.700. The third-order valence-electron chi connectivity index (χ3n) is 3.43. The van der Waals surface area contributed by atoms with Crippen molar-refractivity contribution in [3.05, 3.63) is 66.2 Å². The number of rotatable bonds is 3. The van der Waals surface area contributed by atoms with Gasteiger partial charge in [0.2, 0.25) is 0 Å². The molecule has 0 unspecified atom stereocenters. The van der Waals surface area contributed by atoms with Crippen LogP contribution >= 0.6 is 10.7 Å². The van der Waals surface area contributed by atoms with Crippen molar-refractivity contribution in [2.75, 3.05) is 5.32 Å².